The molecule has 6 heteroatoms. The van der Waals surface area contributed by atoms with Crippen molar-refractivity contribution in [2.45, 2.75) is 32.8 Å². The number of aliphatic carboxylic acids is 1. The van der Waals surface area contributed by atoms with Crippen LogP contribution in [0.2, 0.25) is 0 Å². The van der Waals surface area contributed by atoms with Crippen LogP contribution in [0.3, 0.4) is 0 Å². The highest BCUT2D eigenvalue weighted by Gasteiger charge is 2.04. The molecule has 0 aliphatic heterocycles. The van der Waals surface area contributed by atoms with Gasteiger partial charge in [0.1, 0.15) is 0 Å². The number of hydrogen-bond acceptors (Lipinski definition) is 3. The van der Waals surface area contributed by atoms with Gasteiger partial charge in [0.05, 0.1) is 12.7 Å². The largest absolute Gasteiger partial charge is 0.481 e. The molecule has 0 aromatic heterocycles. The summed E-state index contributed by atoms with van der Waals surface area (Å²) in [6.45, 7) is 4.76. The minimum Gasteiger partial charge on any atom is -0.481 e. The van der Waals surface area contributed by atoms with Gasteiger partial charge in [-0.25, -0.2) is 4.79 Å². The van der Waals surface area contributed by atoms with Gasteiger partial charge in [0, 0.05) is 18.7 Å². The molecule has 0 saturated heterocycles. The van der Waals surface area contributed by atoms with Crippen molar-refractivity contribution in [2.75, 3.05) is 18.5 Å². The molecule has 116 valence electrons. The van der Waals surface area contributed by atoms with Crippen LogP contribution in [-0.4, -0.2) is 36.4 Å². The highest BCUT2D eigenvalue weighted by Crippen LogP contribution is 2.12. The Morgan fingerprint density at radius 2 is 2.10 bits per heavy atom. The zero-order valence-corrected chi connectivity index (χ0v) is 12.4. The third kappa shape index (κ3) is 7.94. The lowest BCUT2D eigenvalue weighted by molar-refractivity contribution is -0.136. The molecule has 21 heavy (non-hydrogen) atoms. The summed E-state index contributed by atoms with van der Waals surface area (Å²) in [6, 6.07) is 6.84. The highest BCUT2D eigenvalue weighted by atomic mass is 16.5. The summed E-state index contributed by atoms with van der Waals surface area (Å²) in [4.78, 5) is 22.2. The van der Waals surface area contributed by atoms with Crippen LogP contribution < -0.4 is 10.6 Å². The minimum atomic E-state index is -0.837. The van der Waals surface area contributed by atoms with Crippen LogP contribution in [0.4, 0.5) is 10.5 Å². The van der Waals surface area contributed by atoms with E-state index in [1.165, 1.54) is 0 Å². The van der Waals surface area contributed by atoms with Crippen molar-refractivity contribution >= 4 is 17.7 Å². The molecule has 0 heterocycles. The third-order valence-electron chi connectivity index (χ3n) is 2.65. The van der Waals surface area contributed by atoms with Crippen LogP contribution in [0.5, 0.6) is 0 Å². The van der Waals surface area contributed by atoms with Gasteiger partial charge >= 0.3 is 12.0 Å². The van der Waals surface area contributed by atoms with E-state index >= 15 is 0 Å². The molecule has 0 bridgehead atoms. The summed E-state index contributed by atoms with van der Waals surface area (Å²) >= 11 is 0. The highest BCUT2D eigenvalue weighted by molar-refractivity contribution is 5.89. The summed E-state index contributed by atoms with van der Waals surface area (Å²) < 4.78 is 5.32. The molecule has 6 nitrogen and oxygen atoms in total. The number of carbonyl (C=O) groups excluding carboxylic acids is 1. The van der Waals surface area contributed by atoms with Gasteiger partial charge in [-0.2, -0.15) is 0 Å². The van der Waals surface area contributed by atoms with Gasteiger partial charge in [-0.3, -0.25) is 4.79 Å². The smallest absolute Gasteiger partial charge is 0.319 e. The maximum Gasteiger partial charge on any atom is 0.319 e. The van der Waals surface area contributed by atoms with Crippen molar-refractivity contribution in [1.29, 1.82) is 0 Å². The van der Waals surface area contributed by atoms with Gasteiger partial charge in [0.25, 0.3) is 0 Å². The normalized spacial score (nSPS) is 10.4. The Kier molecular flexibility index (Phi) is 7.25. The first kappa shape index (κ1) is 17.0. The lowest BCUT2D eigenvalue weighted by atomic mass is 10.1. The fourth-order valence-electron chi connectivity index (χ4n) is 1.69. The van der Waals surface area contributed by atoms with Crippen molar-refractivity contribution in [3.05, 3.63) is 29.8 Å². The zero-order chi connectivity index (χ0) is 15.7. The monoisotopic (exact) mass is 294 g/mol. The van der Waals surface area contributed by atoms with Crippen LogP contribution in [-0.2, 0) is 16.0 Å². The van der Waals surface area contributed by atoms with E-state index in [1.807, 2.05) is 19.9 Å². The number of ether oxygens (including phenoxy) is 1. The second-order valence-corrected chi connectivity index (χ2v) is 4.89. The van der Waals surface area contributed by atoms with Crippen molar-refractivity contribution in [1.82, 2.24) is 5.32 Å². The van der Waals surface area contributed by atoms with E-state index in [-0.39, 0.29) is 18.6 Å². The predicted molar refractivity (Wildman–Crippen MR) is 80.5 cm³/mol. The topological polar surface area (TPSA) is 87.7 Å². The number of urea groups is 1. The molecule has 0 saturated carbocycles. The summed E-state index contributed by atoms with van der Waals surface area (Å²) in [5, 5.41) is 14.0. The van der Waals surface area contributed by atoms with Crippen LogP contribution in [0, 0.1) is 0 Å². The lowest BCUT2D eigenvalue weighted by Gasteiger charge is -2.10. The van der Waals surface area contributed by atoms with Crippen LogP contribution in [0.1, 0.15) is 25.8 Å². The molecule has 0 unspecified atom stereocenters. The average molecular weight is 294 g/mol. The van der Waals surface area contributed by atoms with Gasteiger partial charge in [0.2, 0.25) is 0 Å². The molecule has 2 amide bonds. The SMILES string of the molecule is CC(C)OCCNC(=O)Nc1cccc(CCC(=O)O)c1. The number of hydrogen-bond donors (Lipinski definition) is 3. The van der Waals surface area contributed by atoms with Gasteiger partial charge in [-0.1, -0.05) is 12.1 Å². The van der Waals surface area contributed by atoms with Crippen molar-refractivity contribution in [3.63, 3.8) is 0 Å². The van der Waals surface area contributed by atoms with Crippen molar-refractivity contribution < 1.29 is 19.4 Å². The number of aryl methyl sites for hydroxylation is 1. The molecule has 1 aromatic carbocycles. The Hall–Kier alpha value is -2.08. The number of nitrogens with one attached hydrogen (secondary N) is 2. The summed E-state index contributed by atoms with van der Waals surface area (Å²) in [5.74, 6) is -0.837. The molecule has 0 aliphatic carbocycles. The Bertz CT molecular complexity index is 474. The first-order valence-electron chi connectivity index (χ1n) is 6.94. The molecule has 1 aromatic rings. The van der Waals surface area contributed by atoms with Crippen molar-refractivity contribution in [3.8, 4) is 0 Å². The molecule has 0 spiro atoms. The third-order valence-corrected chi connectivity index (χ3v) is 2.65. The molecule has 1 rings (SSSR count). The van der Waals surface area contributed by atoms with Crippen LogP contribution >= 0.6 is 0 Å². The number of carboxylic acids is 1. The molecule has 3 N–H and O–H groups in total. The average Bonchev–Trinajstić information content (AvgIpc) is 2.41. The fourth-order valence-corrected chi connectivity index (χ4v) is 1.69. The van der Waals surface area contributed by atoms with Crippen molar-refractivity contribution in [2.24, 2.45) is 0 Å². The second kappa shape index (κ2) is 8.97. The Balaban J connectivity index is 2.38. The molecule has 0 atom stereocenters. The van der Waals surface area contributed by atoms with Gasteiger partial charge in [0.15, 0.2) is 0 Å². The van der Waals surface area contributed by atoms with E-state index in [1.54, 1.807) is 18.2 Å². The van der Waals surface area contributed by atoms with E-state index in [0.29, 0.717) is 25.3 Å². The predicted octanol–water partition coefficient (Wildman–Crippen LogP) is 2.25. The van der Waals surface area contributed by atoms with Gasteiger partial charge in [-0.05, 0) is 38.0 Å². The first-order chi connectivity index (χ1) is 9.97. The van der Waals surface area contributed by atoms with E-state index in [0.717, 1.165) is 5.56 Å². The molecular formula is C15H22N2O4. The summed E-state index contributed by atoms with van der Waals surface area (Å²) in [6.07, 6.45) is 0.650. The Morgan fingerprint density at radius 1 is 1.33 bits per heavy atom. The van der Waals surface area contributed by atoms with Crippen LogP contribution in [0.25, 0.3) is 0 Å². The molecule has 0 radical (unpaired) electrons. The quantitative estimate of drug-likeness (QED) is 0.642. The maximum absolute atomic E-state index is 11.7. The van der Waals surface area contributed by atoms with Gasteiger partial charge in [-0.15, -0.1) is 0 Å². The fraction of sp³-hybridized carbons (Fsp3) is 0.467. The number of carboxylic acid groups (broad SMARTS) is 1. The number of carbonyl (C=O) groups is 2. The van der Waals surface area contributed by atoms with Crippen LogP contribution in [0.15, 0.2) is 24.3 Å². The van der Waals surface area contributed by atoms with E-state index in [9.17, 15) is 9.59 Å². The second-order valence-electron chi connectivity index (χ2n) is 4.89. The Morgan fingerprint density at radius 3 is 2.76 bits per heavy atom. The molecular weight excluding hydrogens is 272 g/mol. The summed E-state index contributed by atoms with van der Waals surface area (Å²) in [5.41, 5.74) is 1.51. The minimum absolute atomic E-state index is 0.0716. The van der Waals surface area contributed by atoms with E-state index in [4.69, 9.17) is 9.84 Å². The lowest BCUT2D eigenvalue weighted by Crippen LogP contribution is -2.32. The number of anilines is 1. The van der Waals surface area contributed by atoms with Gasteiger partial charge < -0.3 is 20.5 Å². The molecule has 0 fully saturated rings. The molecule has 0 aliphatic rings. The zero-order valence-electron chi connectivity index (χ0n) is 12.4. The Labute approximate surface area is 124 Å². The van der Waals surface area contributed by atoms with E-state index < -0.39 is 5.97 Å². The number of amides is 2. The van der Waals surface area contributed by atoms with E-state index in [2.05, 4.69) is 10.6 Å². The standard InChI is InChI=1S/C15H22N2O4/c1-11(2)21-9-8-16-15(20)17-13-5-3-4-12(10-13)6-7-14(18)19/h3-5,10-11H,6-9H2,1-2H3,(H,18,19)(H2,16,17,20). The maximum atomic E-state index is 11.7. The number of rotatable bonds is 8. The first-order valence-corrected chi connectivity index (χ1v) is 6.94. The summed E-state index contributed by atoms with van der Waals surface area (Å²) in [7, 11) is 0. The number of benzene rings is 1.